The van der Waals surface area contributed by atoms with Crippen molar-refractivity contribution in [1.82, 2.24) is 5.32 Å². The second-order valence-corrected chi connectivity index (χ2v) is 2.59. The SMILES string of the molecule is CCCCNC(=O)/C=C\C(C)=O. The van der Waals surface area contributed by atoms with Gasteiger partial charge in [0.25, 0.3) is 0 Å². The van der Waals surface area contributed by atoms with Crippen LogP contribution in [0.4, 0.5) is 0 Å². The Kier molecular flexibility index (Phi) is 5.97. The number of ketones is 1. The molecule has 0 rings (SSSR count). The molecule has 0 aliphatic heterocycles. The molecular weight excluding hydrogens is 154 g/mol. The van der Waals surface area contributed by atoms with Crippen LogP contribution in [0.25, 0.3) is 0 Å². The zero-order valence-corrected chi connectivity index (χ0v) is 7.59. The molecule has 0 aliphatic carbocycles. The smallest absolute Gasteiger partial charge is 0.244 e. The van der Waals surface area contributed by atoms with Gasteiger partial charge in [-0.05, 0) is 19.4 Å². The number of carbonyl (C=O) groups is 2. The Bertz CT molecular complexity index is 185. The Hall–Kier alpha value is -1.12. The van der Waals surface area contributed by atoms with Gasteiger partial charge in [0.2, 0.25) is 5.91 Å². The summed E-state index contributed by atoms with van der Waals surface area (Å²) >= 11 is 0. The lowest BCUT2D eigenvalue weighted by atomic mass is 10.3. The number of hydrogen-bond acceptors (Lipinski definition) is 2. The molecule has 1 N–H and O–H groups in total. The molecule has 1 amide bonds. The van der Waals surface area contributed by atoms with E-state index in [0.29, 0.717) is 6.54 Å². The topological polar surface area (TPSA) is 46.2 Å². The maximum absolute atomic E-state index is 10.9. The maximum atomic E-state index is 10.9. The molecule has 0 unspecified atom stereocenters. The predicted molar refractivity (Wildman–Crippen MR) is 47.7 cm³/mol. The molecule has 3 heteroatoms. The summed E-state index contributed by atoms with van der Waals surface area (Å²) < 4.78 is 0. The minimum Gasteiger partial charge on any atom is -0.353 e. The van der Waals surface area contributed by atoms with Gasteiger partial charge in [-0.1, -0.05) is 13.3 Å². The van der Waals surface area contributed by atoms with Crippen LogP contribution in [0.1, 0.15) is 26.7 Å². The molecule has 0 radical (unpaired) electrons. The molecule has 0 spiro atoms. The van der Waals surface area contributed by atoms with Crippen LogP contribution in [-0.2, 0) is 9.59 Å². The van der Waals surface area contributed by atoms with Gasteiger partial charge in [0.05, 0.1) is 0 Å². The van der Waals surface area contributed by atoms with E-state index in [1.807, 2.05) is 0 Å². The van der Waals surface area contributed by atoms with Crippen molar-refractivity contribution >= 4 is 11.7 Å². The van der Waals surface area contributed by atoms with Crippen LogP contribution in [-0.4, -0.2) is 18.2 Å². The quantitative estimate of drug-likeness (QED) is 0.494. The maximum Gasteiger partial charge on any atom is 0.244 e. The van der Waals surface area contributed by atoms with Crippen molar-refractivity contribution < 1.29 is 9.59 Å². The molecule has 12 heavy (non-hydrogen) atoms. The average Bonchev–Trinajstić information content (AvgIpc) is 2.01. The summed E-state index contributed by atoms with van der Waals surface area (Å²) in [5.41, 5.74) is 0. The standard InChI is InChI=1S/C9H15NO2/c1-3-4-7-10-9(12)6-5-8(2)11/h5-6H,3-4,7H2,1-2H3,(H,10,12)/b6-5-. The first-order valence-corrected chi connectivity index (χ1v) is 4.13. The molecule has 3 nitrogen and oxygen atoms in total. The second-order valence-electron chi connectivity index (χ2n) is 2.59. The predicted octanol–water partition coefficient (Wildman–Crippen LogP) is 1.05. The fourth-order valence-electron chi connectivity index (χ4n) is 0.640. The summed E-state index contributed by atoms with van der Waals surface area (Å²) in [5.74, 6) is -0.306. The van der Waals surface area contributed by atoms with Crippen molar-refractivity contribution in [2.24, 2.45) is 0 Å². The molecule has 0 aromatic rings. The summed E-state index contributed by atoms with van der Waals surface area (Å²) in [5, 5.41) is 2.66. The van der Waals surface area contributed by atoms with E-state index >= 15 is 0 Å². The molecule has 0 saturated carbocycles. The van der Waals surface area contributed by atoms with E-state index < -0.39 is 0 Å². The van der Waals surface area contributed by atoms with E-state index in [1.165, 1.54) is 19.1 Å². The van der Waals surface area contributed by atoms with Gasteiger partial charge < -0.3 is 5.32 Å². The Labute approximate surface area is 72.8 Å². The summed E-state index contributed by atoms with van der Waals surface area (Å²) in [6, 6.07) is 0. The van der Waals surface area contributed by atoms with Crippen LogP contribution in [0.3, 0.4) is 0 Å². The molecule has 0 bridgehead atoms. The van der Waals surface area contributed by atoms with E-state index in [2.05, 4.69) is 12.2 Å². The van der Waals surface area contributed by atoms with Gasteiger partial charge in [-0.3, -0.25) is 9.59 Å². The summed E-state index contributed by atoms with van der Waals surface area (Å²) in [6.45, 7) is 4.14. The molecule has 0 aromatic heterocycles. The lowest BCUT2D eigenvalue weighted by Crippen LogP contribution is -2.22. The van der Waals surface area contributed by atoms with E-state index in [1.54, 1.807) is 0 Å². The normalized spacial score (nSPS) is 10.2. The number of allylic oxidation sites excluding steroid dienone is 1. The molecular formula is C9H15NO2. The van der Waals surface area contributed by atoms with Gasteiger partial charge in [0.1, 0.15) is 0 Å². The van der Waals surface area contributed by atoms with E-state index in [4.69, 9.17) is 0 Å². The van der Waals surface area contributed by atoms with Crippen LogP contribution in [0, 0.1) is 0 Å². The van der Waals surface area contributed by atoms with Crippen LogP contribution in [0.2, 0.25) is 0 Å². The third-order valence-corrected chi connectivity index (χ3v) is 1.30. The number of nitrogens with one attached hydrogen (secondary N) is 1. The van der Waals surface area contributed by atoms with Crippen molar-refractivity contribution in [2.45, 2.75) is 26.7 Å². The lowest BCUT2D eigenvalue weighted by molar-refractivity contribution is -0.117. The minimum atomic E-state index is -0.196. The van der Waals surface area contributed by atoms with Gasteiger partial charge in [0.15, 0.2) is 5.78 Å². The summed E-state index contributed by atoms with van der Waals surface area (Å²) in [4.78, 5) is 21.3. The number of hydrogen-bond donors (Lipinski definition) is 1. The molecule has 0 aromatic carbocycles. The van der Waals surface area contributed by atoms with Crippen molar-refractivity contribution in [3.63, 3.8) is 0 Å². The molecule has 0 fully saturated rings. The molecule has 0 aliphatic rings. The van der Waals surface area contributed by atoms with Crippen molar-refractivity contribution in [3.8, 4) is 0 Å². The van der Waals surface area contributed by atoms with Gasteiger partial charge in [-0.25, -0.2) is 0 Å². The van der Waals surface area contributed by atoms with Gasteiger partial charge >= 0.3 is 0 Å². The van der Waals surface area contributed by atoms with Crippen LogP contribution >= 0.6 is 0 Å². The fourth-order valence-corrected chi connectivity index (χ4v) is 0.640. The Morgan fingerprint density at radius 3 is 2.50 bits per heavy atom. The van der Waals surface area contributed by atoms with Gasteiger partial charge in [-0.2, -0.15) is 0 Å². The Morgan fingerprint density at radius 1 is 1.33 bits per heavy atom. The summed E-state index contributed by atoms with van der Waals surface area (Å²) in [7, 11) is 0. The highest BCUT2D eigenvalue weighted by Crippen LogP contribution is 1.83. The zero-order valence-electron chi connectivity index (χ0n) is 7.59. The largest absolute Gasteiger partial charge is 0.353 e. The highest BCUT2D eigenvalue weighted by Gasteiger charge is 1.93. The highest BCUT2D eigenvalue weighted by molar-refractivity contribution is 5.96. The number of rotatable bonds is 5. The first-order valence-electron chi connectivity index (χ1n) is 4.13. The molecule has 0 saturated heterocycles. The lowest BCUT2D eigenvalue weighted by Gasteiger charge is -1.98. The highest BCUT2D eigenvalue weighted by atomic mass is 16.1. The molecule has 0 heterocycles. The molecule has 68 valence electrons. The van der Waals surface area contributed by atoms with E-state index in [0.717, 1.165) is 12.8 Å². The van der Waals surface area contributed by atoms with Crippen molar-refractivity contribution in [1.29, 1.82) is 0 Å². The van der Waals surface area contributed by atoms with Gasteiger partial charge in [0, 0.05) is 12.6 Å². The van der Waals surface area contributed by atoms with Crippen LogP contribution in [0.5, 0.6) is 0 Å². The first kappa shape index (κ1) is 10.9. The monoisotopic (exact) mass is 169 g/mol. The van der Waals surface area contributed by atoms with Gasteiger partial charge in [-0.15, -0.1) is 0 Å². The third-order valence-electron chi connectivity index (χ3n) is 1.30. The third kappa shape index (κ3) is 6.99. The second kappa shape index (κ2) is 6.58. The average molecular weight is 169 g/mol. The zero-order chi connectivity index (χ0) is 9.40. The Morgan fingerprint density at radius 2 is 2.00 bits per heavy atom. The number of carbonyl (C=O) groups excluding carboxylic acids is 2. The number of unbranched alkanes of at least 4 members (excludes halogenated alkanes) is 1. The van der Waals surface area contributed by atoms with Crippen LogP contribution < -0.4 is 5.32 Å². The molecule has 0 atom stereocenters. The number of amides is 1. The van der Waals surface area contributed by atoms with Crippen LogP contribution in [0.15, 0.2) is 12.2 Å². The first-order chi connectivity index (χ1) is 5.66. The Balaban J connectivity index is 3.53. The fraction of sp³-hybridized carbons (Fsp3) is 0.556. The van der Waals surface area contributed by atoms with E-state index in [-0.39, 0.29) is 11.7 Å². The van der Waals surface area contributed by atoms with Crippen molar-refractivity contribution in [3.05, 3.63) is 12.2 Å². The van der Waals surface area contributed by atoms with Crippen molar-refractivity contribution in [2.75, 3.05) is 6.54 Å². The summed E-state index contributed by atoms with van der Waals surface area (Å²) in [6.07, 6.45) is 4.55. The minimum absolute atomic E-state index is 0.111. The van der Waals surface area contributed by atoms with E-state index in [9.17, 15) is 9.59 Å².